The molecule has 0 radical (unpaired) electrons. The second kappa shape index (κ2) is 5.79. The summed E-state index contributed by atoms with van der Waals surface area (Å²) in [4.78, 5) is -0.772. The highest BCUT2D eigenvalue weighted by molar-refractivity contribution is 7.89. The van der Waals surface area contributed by atoms with Gasteiger partial charge in [0, 0.05) is 30.0 Å². The topological polar surface area (TPSA) is 42.3 Å². The Morgan fingerprint density at radius 1 is 1.21 bits per heavy atom. The van der Waals surface area contributed by atoms with Crippen molar-refractivity contribution in [2.75, 3.05) is 6.54 Å². The number of halogens is 4. The van der Waals surface area contributed by atoms with E-state index in [2.05, 4.69) is 0 Å². The molecule has 2 heterocycles. The first kappa shape index (κ1) is 17.3. The molecule has 130 valence electrons. The summed E-state index contributed by atoms with van der Waals surface area (Å²) < 4.78 is 68.6. The van der Waals surface area contributed by atoms with Crippen LogP contribution in [0, 0.1) is 0 Å². The number of rotatable bonds is 2. The molecule has 0 fully saturated rings. The van der Waals surface area contributed by atoms with E-state index in [1.807, 2.05) is 10.8 Å². The van der Waals surface area contributed by atoms with Gasteiger partial charge in [0.25, 0.3) is 0 Å². The maximum atomic E-state index is 13.3. The molecule has 1 aliphatic rings. The SMILES string of the molecule is C[C@H]1c2cccn2CCN1S(=O)(=O)c1ccc(Cl)cc1C(F)(F)F. The summed E-state index contributed by atoms with van der Waals surface area (Å²) in [5, 5.41) is -0.165. The number of nitrogens with zero attached hydrogens (tertiary/aromatic N) is 2. The lowest BCUT2D eigenvalue weighted by Gasteiger charge is -2.34. The molecular weight excluding hydrogens is 365 g/mol. The van der Waals surface area contributed by atoms with Gasteiger partial charge in [-0.2, -0.15) is 17.5 Å². The van der Waals surface area contributed by atoms with Gasteiger partial charge in [0.2, 0.25) is 10.0 Å². The lowest BCUT2D eigenvalue weighted by molar-refractivity contribution is -0.139. The molecule has 0 amide bonds. The molecule has 0 N–H and O–H groups in total. The van der Waals surface area contributed by atoms with E-state index in [1.165, 1.54) is 0 Å². The molecule has 0 saturated heterocycles. The molecule has 2 aromatic rings. The van der Waals surface area contributed by atoms with Gasteiger partial charge in [-0.1, -0.05) is 11.6 Å². The van der Waals surface area contributed by atoms with Gasteiger partial charge in [-0.3, -0.25) is 0 Å². The van der Waals surface area contributed by atoms with Crippen LogP contribution in [-0.4, -0.2) is 23.8 Å². The average molecular weight is 379 g/mol. The van der Waals surface area contributed by atoms with Gasteiger partial charge < -0.3 is 4.57 Å². The van der Waals surface area contributed by atoms with Gasteiger partial charge in [0.15, 0.2) is 0 Å². The third kappa shape index (κ3) is 2.82. The molecule has 1 atom stereocenters. The molecule has 0 saturated carbocycles. The second-order valence-electron chi connectivity index (χ2n) is 5.56. The second-order valence-corrected chi connectivity index (χ2v) is 7.85. The van der Waals surface area contributed by atoms with E-state index < -0.39 is 32.7 Å². The molecule has 1 aromatic heterocycles. The molecule has 1 aromatic carbocycles. The number of alkyl halides is 3. The maximum Gasteiger partial charge on any atom is 0.417 e. The minimum atomic E-state index is -4.81. The van der Waals surface area contributed by atoms with E-state index in [0.29, 0.717) is 12.6 Å². The Kier molecular flexibility index (Phi) is 4.17. The van der Waals surface area contributed by atoms with Gasteiger partial charge in [0.1, 0.15) is 0 Å². The fraction of sp³-hybridized carbons (Fsp3) is 0.333. The maximum absolute atomic E-state index is 13.3. The third-order valence-corrected chi connectivity index (χ3v) is 6.38. The zero-order valence-corrected chi connectivity index (χ0v) is 14.2. The predicted molar refractivity (Wildman–Crippen MR) is 83.2 cm³/mol. The van der Waals surface area contributed by atoms with Crippen molar-refractivity contribution >= 4 is 21.6 Å². The Bertz CT molecular complexity index is 877. The molecule has 24 heavy (non-hydrogen) atoms. The highest BCUT2D eigenvalue weighted by Gasteiger charge is 2.41. The van der Waals surface area contributed by atoms with Crippen molar-refractivity contribution in [1.29, 1.82) is 0 Å². The van der Waals surface area contributed by atoms with Crippen molar-refractivity contribution in [2.45, 2.75) is 30.6 Å². The van der Waals surface area contributed by atoms with Crippen LogP contribution >= 0.6 is 11.6 Å². The molecule has 0 spiro atoms. The summed E-state index contributed by atoms with van der Waals surface area (Å²) >= 11 is 5.63. The van der Waals surface area contributed by atoms with Gasteiger partial charge in [-0.05, 0) is 37.3 Å². The van der Waals surface area contributed by atoms with Gasteiger partial charge >= 0.3 is 6.18 Å². The number of benzene rings is 1. The molecule has 0 unspecified atom stereocenters. The Morgan fingerprint density at radius 3 is 2.58 bits per heavy atom. The van der Waals surface area contributed by atoms with E-state index in [9.17, 15) is 21.6 Å². The van der Waals surface area contributed by atoms with E-state index >= 15 is 0 Å². The van der Waals surface area contributed by atoms with Crippen LogP contribution in [0.3, 0.4) is 0 Å². The predicted octanol–water partition coefficient (Wildman–Crippen LogP) is 3.93. The van der Waals surface area contributed by atoms with Crippen LogP contribution in [-0.2, 0) is 22.7 Å². The average Bonchev–Trinajstić information content (AvgIpc) is 2.95. The summed E-state index contributed by atoms with van der Waals surface area (Å²) in [6, 6.07) is 5.70. The lowest BCUT2D eigenvalue weighted by atomic mass is 10.2. The Balaban J connectivity index is 2.10. The quantitative estimate of drug-likeness (QED) is 0.794. The van der Waals surface area contributed by atoms with E-state index in [1.54, 1.807) is 19.1 Å². The van der Waals surface area contributed by atoms with Crippen LogP contribution in [0.2, 0.25) is 5.02 Å². The molecule has 0 bridgehead atoms. The van der Waals surface area contributed by atoms with E-state index in [-0.39, 0.29) is 11.6 Å². The molecule has 0 aliphatic carbocycles. The van der Waals surface area contributed by atoms with Gasteiger partial charge in [0.05, 0.1) is 16.5 Å². The van der Waals surface area contributed by atoms with Crippen LogP contribution in [0.5, 0.6) is 0 Å². The highest BCUT2D eigenvalue weighted by atomic mass is 35.5. The summed E-state index contributed by atoms with van der Waals surface area (Å²) in [7, 11) is -4.32. The smallest absolute Gasteiger partial charge is 0.349 e. The fourth-order valence-electron chi connectivity index (χ4n) is 2.96. The molecule has 4 nitrogen and oxygen atoms in total. The summed E-state index contributed by atoms with van der Waals surface area (Å²) in [6.07, 6.45) is -2.99. The number of sulfonamides is 1. The largest absolute Gasteiger partial charge is 0.417 e. The highest BCUT2D eigenvalue weighted by Crippen LogP contribution is 2.39. The van der Waals surface area contributed by atoms with E-state index in [0.717, 1.165) is 22.1 Å². The van der Waals surface area contributed by atoms with Crippen molar-refractivity contribution in [3.8, 4) is 0 Å². The molecule has 9 heteroatoms. The lowest BCUT2D eigenvalue weighted by Crippen LogP contribution is -2.41. The van der Waals surface area contributed by atoms with E-state index in [4.69, 9.17) is 11.6 Å². The van der Waals surface area contributed by atoms with Crippen LogP contribution in [0.4, 0.5) is 13.2 Å². The fourth-order valence-corrected chi connectivity index (χ4v) is 4.92. The minimum Gasteiger partial charge on any atom is -0.349 e. The van der Waals surface area contributed by atoms with Crippen LogP contribution < -0.4 is 0 Å². The molecular formula is C15H14ClF3N2O2S. The molecule has 1 aliphatic heterocycles. The van der Waals surface area contributed by atoms with Crippen molar-refractivity contribution in [3.63, 3.8) is 0 Å². The Morgan fingerprint density at radius 2 is 1.92 bits per heavy atom. The standard InChI is InChI=1S/C15H14ClF3N2O2S/c1-10-13-3-2-6-20(13)7-8-21(10)24(22,23)14-5-4-11(16)9-12(14)15(17,18)19/h2-6,9-10H,7-8H2,1H3/t10-/m0/s1. The van der Waals surface area contributed by atoms with Crippen molar-refractivity contribution < 1.29 is 21.6 Å². The zero-order chi connectivity index (χ0) is 17.7. The number of fused-ring (bicyclic) bond motifs is 1. The van der Waals surface area contributed by atoms with Crippen molar-refractivity contribution in [1.82, 2.24) is 8.87 Å². The Hall–Kier alpha value is -1.51. The first-order chi connectivity index (χ1) is 11.1. The summed E-state index contributed by atoms with van der Waals surface area (Å²) in [6.45, 7) is 2.15. The monoisotopic (exact) mass is 378 g/mol. The zero-order valence-electron chi connectivity index (χ0n) is 12.6. The van der Waals surface area contributed by atoms with Crippen molar-refractivity contribution in [3.05, 3.63) is 52.8 Å². The van der Waals surface area contributed by atoms with Gasteiger partial charge in [-0.15, -0.1) is 0 Å². The number of aromatic nitrogens is 1. The summed E-state index contributed by atoms with van der Waals surface area (Å²) in [5.41, 5.74) is -0.504. The van der Waals surface area contributed by atoms with Crippen LogP contribution in [0.15, 0.2) is 41.4 Å². The Labute approximate surface area is 142 Å². The molecule has 3 rings (SSSR count). The van der Waals surface area contributed by atoms with Crippen LogP contribution in [0.1, 0.15) is 24.2 Å². The third-order valence-electron chi connectivity index (χ3n) is 4.12. The van der Waals surface area contributed by atoms with Gasteiger partial charge in [-0.25, -0.2) is 8.42 Å². The summed E-state index contributed by atoms with van der Waals surface area (Å²) in [5.74, 6) is 0. The minimum absolute atomic E-state index is 0.102. The van der Waals surface area contributed by atoms with Crippen molar-refractivity contribution in [2.24, 2.45) is 0 Å². The first-order valence-electron chi connectivity index (χ1n) is 7.16. The normalized spacial score (nSPS) is 19.3. The van der Waals surface area contributed by atoms with Crippen LogP contribution in [0.25, 0.3) is 0 Å². The first-order valence-corrected chi connectivity index (χ1v) is 8.98. The number of hydrogen-bond acceptors (Lipinski definition) is 2. The number of hydrogen-bond donors (Lipinski definition) is 0.